The number of nitrogens with zero attached hydrogens (tertiary/aromatic N) is 5. The van der Waals surface area contributed by atoms with Crippen molar-refractivity contribution in [3.8, 4) is 6.07 Å². The van der Waals surface area contributed by atoms with Crippen LogP contribution in [-0.4, -0.2) is 55.4 Å². The molecule has 0 aliphatic carbocycles. The summed E-state index contributed by atoms with van der Waals surface area (Å²) in [5.41, 5.74) is 4.64. The predicted molar refractivity (Wildman–Crippen MR) is 102 cm³/mol. The second-order valence-electron chi connectivity index (χ2n) is 7.14. The number of nitrogens with two attached hydrogens (primary N) is 1. The second-order valence-corrected chi connectivity index (χ2v) is 7.14. The van der Waals surface area contributed by atoms with Crippen molar-refractivity contribution in [2.45, 2.75) is 31.5 Å². The first kappa shape index (κ1) is 20.1. The summed E-state index contributed by atoms with van der Waals surface area (Å²) in [7, 11) is 2.04. The highest BCUT2D eigenvalue weighted by molar-refractivity contribution is 6.09. The molecule has 150 valence electrons. The summed E-state index contributed by atoms with van der Waals surface area (Å²) in [6.45, 7) is 3.01. The molecule has 3 heterocycles. The van der Waals surface area contributed by atoms with Crippen LogP contribution in [0.4, 0.5) is 19.0 Å². The van der Waals surface area contributed by atoms with E-state index in [4.69, 9.17) is 5.73 Å². The van der Waals surface area contributed by atoms with E-state index in [-0.39, 0.29) is 17.6 Å². The topological polar surface area (TPSA) is 81.5 Å². The Kier molecular flexibility index (Phi) is 5.89. The monoisotopic (exact) mass is 392 g/mol. The Morgan fingerprint density at radius 1 is 1.32 bits per heavy atom. The molecular formula is C19H23F3N6. The van der Waals surface area contributed by atoms with Gasteiger partial charge in [0.1, 0.15) is 17.5 Å². The second kappa shape index (κ2) is 8.19. The molecule has 0 radical (unpaired) electrons. The van der Waals surface area contributed by atoms with Gasteiger partial charge >= 0.3 is 6.18 Å². The van der Waals surface area contributed by atoms with Crippen LogP contribution in [0.2, 0.25) is 0 Å². The zero-order valence-electron chi connectivity index (χ0n) is 15.7. The minimum atomic E-state index is -4.66. The smallest absolute Gasteiger partial charge is 0.404 e. The average Bonchev–Trinajstić information content (AvgIpc) is 2.61. The van der Waals surface area contributed by atoms with Crippen LogP contribution < -0.4 is 10.6 Å². The standard InChI is InChI=1S/C19H23F3N6/c1-27-7-3-14(4-8-27)25-12-13(10-23)17-9-16(19(20,21)22)15(11-24)18(26-17)28-5-2-6-28/h9-10,12,14H,2-8,23H2,1H3. The van der Waals surface area contributed by atoms with Crippen LogP contribution in [0.1, 0.15) is 36.1 Å². The maximum absolute atomic E-state index is 13.6. The molecule has 2 aliphatic heterocycles. The van der Waals surface area contributed by atoms with Crippen LogP contribution in [0.3, 0.4) is 0 Å². The van der Waals surface area contributed by atoms with Gasteiger partial charge in [-0.25, -0.2) is 4.98 Å². The molecule has 2 saturated heterocycles. The summed E-state index contributed by atoms with van der Waals surface area (Å²) in [4.78, 5) is 12.7. The number of allylic oxidation sites excluding steroid dienone is 1. The van der Waals surface area contributed by atoms with Crippen molar-refractivity contribution in [3.05, 3.63) is 29.1 Å². The summed E-state index contributed by atoms with van der Waals surface area (Å²) < 4.78 is 40.7. The van der Waals surface area contributed by atoms with Crippen molar-refractivity contribution in [1.82, 2.24) is 9.88 Å². The quantitative estimate of drug-likeness (QED) is 0.797. The number of pyridine rings is 1. The molecule has 9 heteroatoms. The highest BCUT2D eigenvalue weighted by Crippen LogP contribution is 2.37. The molecule has 0 bridgehead atoms. The van der Waals surface area contributed by atoms with Gasteiger partial charge in [0.25, 0.3) is 0 Å². The fraction of sp³-hybridized carbons (Fsp3) is 0.526. The molecule has 3 rings (SSSR count). The Hall–Kier alpha value is -2.60. The summed E-state index contributed by atoms with van der Waals surface area (Å²) >= 11 is 0. The van der Waals surface area contributed by atoms with Gasteiger partial charge in [0.2, 0.25) is 0 Å². The van der Waals surface area contributed by atoms with E-state index < -0.39 is 17.3 Å². The number of hydrogen-bond donors (Lipinski definition) is 1. The van der Waals surface area contributed by atoms with Crippen LogP contribution in [0, 0.1) is 11.3 Å². The number of halogens is 3. The highest BCUT2D eigenvalue weighted by atomic mass is 19.4. The lowest BCUT2D eigenvalue weighted by Gasteiger charge is -2.33. The molecule has 2 aliphatic rings. The molecule has 0 spiro atoms. The van der Waals surface area contributed by atoms with Gasteiger partial charge in [-0.1, -0.05) is 0 Å². The molecule has 28 heavy (non-hydrogen) atoms. The van der Waals surface area contributed by atoms with E-state index in [0.29, 0.717) is 18.7 Å². The van der Waals surface area contributed by atoms with Gasteiger partial charge in [0.15, 0.2) is 0 Å². The SMILES string of the molecule is CN1CCC(N=CC(=CN)c2cc(C(F)(F)F)c(C#N)c(N3CCC3)n2)CC1. The normalized spacial score (nSPS) is 19.7. The Morgan fingerprint density at radius 2 is 2.00 bits per heavy atom. The number of piperidine rings is 1. The van der Waals surface area contributed by atoms with Gasteiger partial charge in [-0.2, -0.15) is 18.4 Å². The summed E-state index contributed by atoms with van der Waals surface area (Å²) in [5, 5.41) is 9.33. The number of likely N-dealkylation sites (tertiary alicyclic amines) is 1. The van der Waals surface area contributed by atoms with Gasteiger partial charge in [0, 0.05) is 31.1 Å². The van der Waals surface area contributed by atoms with Crippen LogP contribution >= 0.6 is 0 Å². The number of hydrogen-bond acceptors (Lipinski definition) is 6. The van der Waals surface area contributed by atoms with E-state index in [1.807, 2.05) is 7.05 Å². The van der Waals surface area contributed by atoms with Crippen LogP contribution in [0.15, 0.2) is 17.3 Å². The number of aliphatic imine (C=N–C) groups is 1. The van der Waals surface area contributed by atoms with Crippen molar-refractivity contribution < 1.29 is 13.2 Å². The van der Waals surface area contributed by atoms with Crippen molar-refractivity contribution in [2.75, 3.05) is 38.1 Å². The van der Waals surface area contributed by atoms with Crippen LogP contribution in [0.25, 0.3) is 5.57 Å². The molecule has 6 nitrogen and oxygen atoms in total. The minimum absolute atomic E-state index is 0.0608. The van der Waals surface area contributed by atoms with E-state index >= 15 is 0 Å². The summed E-state index contributed by atoms with van der Waals surface area (Å²) in [6.07, 6.45) is 0.691. The van der Waals surface area contributed by atoms with Gasteiger partial charge in [0.05, 0.1) is 17.3 Å². The zero-order chi connectivity index (χ0) is 20.3. The fourth-order valence-corrected chi connectivity index (χ4v) is 3.29. The molecule has 1 aromatic rings. The first-order chi connectivity index (χ1) is 13.3. The molecule has 0 saturated carbocycles. The first-order valence-corrected chi connectivity index (χ1v) is 9.24. The van der Waals surface area contributed by atoms with Gasteiger partial charge in [-0.3, -0.25) is 4.99 Å². The van der Waals surface area contributed by atoms with E-state index in [1.54, 1.807) is 11.0 Å². The molecule has 0 unspecified atom stereocenters. The number of nitriles is 1. The molecule has 0 atom stereocenters. The largest absolute Gasteiger partial charge is 0.417 e. The Morgan fingerprint density at radius 3 is 2.50 bits per heavy atom. The first-order valence-electron chi connectivity index (χ1n) is 9.24. The van der Waals surface area contributed by atoms with Crippen molar-refractivity contribution in [3.63, 3.8) is 0 Å². The Bertz CT molecular complexity index is 812. The molecule has 0 aromatic carbocycles. The predicted octanol–water partition coefficient (Wildman–Crippen LogP) is 2.65. The lowest BCUT2D eigenvalue weighted by molar-refractivity contribution is -0.137. The molecular weight excluding hydrogens is 369 g/mol. The maximum atomic E-state index is 13.6. The number of rotatable bonds is 4. The Labute approximate surface area is 162 Å². The van der Waals surface area contributed by atoms with Crippen LogP contribution in [0.5, 0.6) is 0 Å². The van der Waals surface area contributed by atoms with E-state index in [0.717, 1.165) is 38.4 Å². The third-order valence-corrected chi connectivity index (χ3v) is 5.16. The molecule has 1 aromatic heterocycles. The number of aromatic nitrogens is 1. The van der Waals surface area contributed by atoms with Gasteiger partial charge in [-0.15, -0.1) is 0 Å². The van der Waals surface area contributed by atoms with E-state index in [9.17, 15) is 18.4 Å². The van der Waals surface area contributed by atoms with Crippen molar-refractivity contribution in [1.29, 1.82) is 5.26 Å². The van der Waals surface area contributed by atoms with Crippen molar-refractivity contribution in [2.24, 2.45) is 10.7 Å². The maximum Gasteiger partial charge on any atom is 0.417 e. The zero-order valence-corrected chi connectivity index (χ0v) is 15.7. The fourth-order valence-electron chi connectivity index (χ4n) is 3.29. The lowest BCUT2D eigenvalue weighted by atomic mass is 10.0. The average molecular weight is 392 g/mol. The number of anilines is 1. The number of alkyl halides is 3. The summed E-state index contributed by atoms with van der Waals surface area (Å²) in [5.74, 6) is 0.0608. The molecule has 2 N–H and O–H groups in total. The molecule has 2 fully saturated rings. The third-order valence-electron chi connectivity index (χ3n) is 5.16. The summed E-state index contributed by atoms with van der Waals surface area (Å²) in [6, 6.07) is 2.68. The van der Waals surface area contributed by atoms with E-state index in [2.05, 4.69) is 14.9 Å². The van der Waals surface area contributed by atoms with Crippen LogP contribution in [-0.2, 0) is 6.18 Å². The highest BCUT2D eigenvalue weighted by Gasteiger charge is 2.37. The Balaban J connectivity index is 1.96. The lowest BCUT2D eigenvalue weighted by Crippen LogP contribution is -2.38. The van der Waals surface area contributed by atoms with Gasteiger partial charge in [-0.05, 0) is 45.5 Å². The van der Waals surface area contributed by atoms with E-state index in [1.165, 1.54) is 12.4 Å². The minimum Gasteiger partial charge on any atom is -0.404 e. The van der Waals surface area contributed by atoms with Gasteiger partial charge < -0.3 is 15.5 Å². The van der Waals surface area contributed by atoms with Crippen molar-refractivity contribution >= 4 is 17.6 Å². The third kappa shape index (κ3) is 4.28. The molecule has 0 amide bonds.